The number of hydrogen-bond acceptors (Lipinski definition) is 6. The van der Waals surface area contributed by atoms with Crippen LogP contribution < -0.4 is 11.1 Å². The summed E-state index contributed by atoms with van der Waals surface area (Å²) in [5, 5.41) is 12.9. The molecule has 108 valence electrons. The lowest BCUT2D eigenvalue weighted by Gasteiger charge is -2.05. The number of ether oxygens (including phenoxy) is 1. The summed E-state index contributed by atoms with van der Waals surface area (Å²) in [7, 11) is 1.28. The van der Waals surface area contributed by atoms with Gasteiger partial charge in [-0.3, -0.25) is 0 Å². The van der Waals surface area contributed by atoms with Crippen LogP contribution in [0.25, 0.3) is 0 Å². The third kappa shape index (κ3) is 3.35. The summed E-state index contributed by atoms with van der Waals surface area (Å²) in [6.07, 6.45) is 0. The van der Waals surface area contributed by atoms with Crippen molar-refractivity contribution < 1.29 is 9.53 Å². The second kappa shape index (κ2) is 6.61. The van der Waals surface area contributed by atoms with E-state index in [0.717, 1.165) is 21.4 Å². The monoisotopic (exact) mass is 365 g/mol. The van der Waals surface area contributed by atoms with Crippen LogP contribution in [0.3, 0.4) is 0 Å². The number of thiophene rings is 1. The van der Waals surface area contributed by atoms with E-state index in [1.807, 2.05) is 30.3 Å². The molecule has 0 saturated carbocycles. The minimum atomic E-state index is -0.537. The summed E-state index contributed by atoms with van der Waals surface area (Å²) in [4.78, 5) is 11.8. The molecule has 0 fully saturated rings. The van der Waals surface area contributed by atoms with Gasteiger partial charge in [0.25, 0.3) is 0 Å². The molecule has 3 N–H and O–H groups in total. The second-order valence-electron chi connectivity index (χ2n) is 4.14. The molecule has 0 bridgehead atoms. The van der Waals surface area contributed by atoms with Crippen LogP contribution in [0.2, 0.25) is 0 Å². The molecule has 0 saturated heterocycles. The average Bonchev–Trinajstić information content (AvgIpc) is 2.80. The summed E-state index contributed by atoms with van der Waals surface area (Å²) in [5.41, 5.74) is 7.30. The number of methoxy groups -OCH3 is 1. The van der Waals surface area contributed by atoms with E-state index >= 15 is 0 Å². The zero-order valence-corrected chi connectivity index (χ0v) is 13.5. The van der Waals surface area contributed by atoms with E-state index in [9.17, 15) is 10.1 Å². The Morgan fingerprint density at radius 1 is 1.57 bits per heavy atom. The standard InChI is InChI=1S/C14H12BrN3O2S/c1-20-14(19)12-11(17)10(6-16)13(21-12)18-7-8-3-2-4-9(15)5-8/h2-5,18H,7,17H2,1H3. The molecule has 0 aliphatic heterocycles. The van der Waals surface area contributed by atoms with Crippen LogP contribution >= 0.6 is 27.3 Å². The van der Waals surface area contributed by atoms with Gasteiger partial charge in [-0.2, -0.15) is 5.26 Å². The Hall–Kier alpha value is -2.04. The maximum absolute atomic E-state index is 11.6. The van der Waals surface area contributed by atoms with Crippen LogP contribution in [0.4, 0.5) is 10.7 Å². The fraction of sp³-hybridized carbons (Fsp3) is 0.143. The molecule has 0 unspecified atom stereocenters. The van der Waals surface area contributed by atoms with Crippen molar-refractivity contribution in [2.75, 3.05) is 18.2 Å². The number of nitrogens with two attached hydrogens (primary N) is 1. The number of nitriles is 1. The van der Waals surface area contributed by atoms with Gasteiger partial charge >= 0.3 is 5.97 Å². The van der Waals surface area contributed by atoms with Crippen LogP contribution in [0.1, 0.15) is 20.8 Å². The van der Waals surface area contributed by atoms with Gasteiger partial charge in [0.05, 0.1) is 12.8 Å². The smallest absolute Gasteiger partial charge is 0.350 e. The van der Waals surface area contributed by atoms with Gasteiger partial charge in [0.2, 0.25) is 0 Å². The Morgan fingerprint density at radius 2 is 2.33 bits per heavy atom. The maximum Gasteiger partial charge on any atom is 0.350 e. The van der Waals surface area contributed by atoms with Gasteiger partial charge in [-0.1, -0.05) is 28.1 Å². The number of esters is 1. The SMILES string of the molecule is COC(=O)c1sc(NCc2cccc(Br)c2)c(C#N)c1N. The lowest BCUT2D eigenvalue weighted by molar-refractivity contribution is 0.0607. The highest BCUT2D eigenvalue weighted by Gasteiger charge is 2.21. The van der Waals surface area contributed by atoms with E-state index in [0.29, 0.717) is 11.5 Å². The summed E-state index contributed by atoms with van der Waals surface area (Å²) in [5.74, 6) is -0.537. The van der Waals surface area contributed by atoms with E-state index in [-0.39, 0.29) is 16.1 Å². The Labute approximate surface area is 134 Å². The minimum Gasteiger partial charge on any atom is -0.465 e. The van der Waals surface area contributed by atoms with E-state index < -0.39 is 5.97 Å². The van der Waals surface area contributed by atoms with Crippen LogP contribution in [-0.4, -0.2) is 13.1 Å². The molecule has 1 aromatic heterocycles. The van der Waals surface area contributed by atoms with E-state index in [1.165, 1.54) is 7.11 Å². The largest absolute Gasteiger partial charge is 0.465 e. The highest BCUT2D eigenvalue weighted by molar-refractivity contribution is 9.10. The first-order valence-corrected chi connectivity index (χ1v) is 7.56. The zero-order chi connectivity index (χ0) is 15.4. The molecule has 0 amide bonds. The third-order valence-electron chi connectivity index (χ3n) is 2.77. The third-order valence-corrected chi connectivity index (χ3v) is 4.41. The van der Waals surface area contributed by atoms with Gasteiger partial charge in [-0.05, 0) is 17.7 Å². The molecular formula is C14H12BrN3O2S. The van der Waals surface area contributed by atoms with Crippen molar-refractivity contribution in [1.82, 2.24) is 0 Å². The molecule has 1 heterocycles. The Bertz CT molecular complexity index is 721. The number of rotatable bonds is 4. The van der Waals surface area contributed by atoms with Gasteiger partial charge in [0, 0.05) is 11.0 Å². The van der Waals surface area contributed by atoms with E-state index in [1.54, 1.807) is 0 Å². The summed E-state index contributed by atoms with van der Waals surface area (Å²) in [6, 6.07) is 9.81. The van der Waals surface area contributed by atoms with E-state index in [2.05, 4.69) is 26.0 Å². The molecule has 1 aromatic carbocycles. The predicted molar refractivity (Wildman–Crippen MR) is 86.3 cm³/mol. The Kier molecular flexibility index (Phi) is 4.83. The first-order chi connectivity index (χ1) is 10.1. The van der Waals surface area contributed by atoms with Crippen molar-refractivity contribution in [1.29, 1.82) is 5.26 Å². The lowest BCUT2D eigenvalue weighted by atomic mass is 10.2. The van der Waals surface area contributed by atoms with Gasteiger partial charge in [-0.25, -0.2) is 4.79 Å². The minimum absolute atomic E-state index is 0.158. The van der Waals surface area contributed by atoms with Gasteiger partial charge in [0.15, 0.2) is 0 Å². The molecule has 0 radical (unpaired) electrons. The molecule has 21 heavy (non-hydrogen) atoms. The van der Waals surface area contributed by atoms with Crippen molar-refractivity contribution >= 4 is 43.9 Å². The van der Waals surface area contributed by atoms with Crippen LogP contribution in [0, 0.1) is 11.3 Å². The Morgan fingerprint density at radius 3 is 2.95 bits per heavy atom. The van der Waals surface area contributed by atoms with Crippen molar-refractivity contribution in [3.8, 4) is 6.07 Å². The normalized spacial score (nSPS) is 9.95. The second-order valence-corrected chi connectivity index (χ2v) is 6.07. The molecule has 0 atom stereocenters. The van der Waals surface area contributed by atoms with Crippen molar-refractivity contribution in [3.05, 3.63) is 44.7 Å². The quantitative estimate of drug-likeness (QED) is 0.810. The molecule has 2 aromatic rings. The predicted octanol–water partition coefficient (Wildman–Crippen LogP) is 3.36. The molecular weight excluding hydrogens is 354 g/mol. The van der Waals surface area contributed by atoms with Gasteiger partial charge in [-0.15, -0.1) is 11.3 Å². The molecule has 5 nitrogen and oxygen atoms in total. The molecule has 2 rings (SSSR count). The number of benzene rings is 1. The number of anilines is 2. The van der Waals surface area contributed by atoms with Crippen molar-refractivity contribution in [2.45, 2.75) is 6.54 Å². The topological polar surface area (TPSA) is 88.1 Å². The fourth-order valence-electron chi connectivity index (χ4n) is 1.75. The lowest BCUT2D eigenvalue weighted by Crippen LogP contribution is -2.02. The van der Waals surface area contributed by atoms with Crippen molar-refractivity contribution in [2.24, 2.45) is 0 Å². The van der Waals surface area contributed by atoms with Gasteiger partial charge < -0.3 is 15.8 Å². The first-order valence-electron chi connectivity index (χ1n) is 5.95. The fourth-order valence-corrected chi connectivity index (χ4v) is 3.18. The maximum atomic E-state index is 11.6. The van der Waals surface area contributed by atoms with Crippen LogP contribution in [-0.2, 0) is 11.3 Å². The number of carbonyl (C=O) groups is 1. The van der Waals surface area contributed by atoms with Gasteiger partial charge in [0.1, 0.15) is 21.5 Å². The molecule has 0 aliphatic carbocycles. The van der Waals surface area contributed by atoms with Crippen molar-refractivity contribution in [3.63, 3.8) is 0 Å². The summed E-state index contributed by atoms with van der Waals surface area (Å²) in [6.45, 7) is 0.523. The first kappa shape index (κ1) is 15.4. The highest BCUT2D eigenvalue weighted by atomic mass is 79.9. The number of nitrogen functional groups attached to an aromatic ring is 1. The average molecular weight is 366 g/mol. The highest BCUT2D eigenvalue weighted by Crippen LogP contribution is 2.35. The zero-order valence-electron chi connectivity index (χ0n) is 11.1. The van der Waals surface area contributed by atoms with Crippen LogP contribution in [0.15, 0.2) is 28.7 Å². The summed E-state index contributed by atoms with van der Waals surface area (Å²) < 4.78 is 5.63. The number of nitrogens with zero attached hydrogens (tertiary/aromatic N) is 1. The number of halogens is 1. The number of hydrogen-bond donors (Lipinski definition) is 2. The Balaban J connectivity index is 2.24. The molecule has 0 aliphatic rings. The summed E-state index contributed by atoms with van der Waals surface area (Å²) >= 11 is 4.52. The molecule has 0 spiro atoms. The number of nitrogens with one attached hydrogen (secondary N) is 1. The number of carbonyl (C=O) groups excluding carboxylic acids is 1. The molecule has 7 heteroatoms. The van der Waals surface area contributed by atoms with E-state index in [4.69, 9.17) is 5.73 Å². The van der Waals surface area contributed by atoms with Crippen LogP contribution in [0.5, 0.6) is 0 Å².